The Morgan fingerprint density at radius 2 is 1.79 bits per heavy atom. The van der Waals surface area contributed by atoms with E-state index in [0.717, 1.165) is 11.3 Å². The second-order valence-electron chi connectivity index (χ2n) is 7.42. The van der Waals surface area contributed by atoms with Crippen molar-refractivity contribution in [3.8, 4) is 0 Å². The van der Waals surface area contributed by atoms with Crippen LogP contribution in [0.4, 0.5) is 15.2 Å². The normalized spacial score (nSPS) is 16.2. The highest BCUT2D eigenvalue weighted by molar-refractivity contribution is 7.91. The molecular weight excluding hydrogens is 405 g/mol. The molecule has 0 radical (unpaired) electrons. The average molecular weight is 428 g/mol. The van der Waals surface area contributed by atoms with E-state index in [1.54, 1.807) is 39.0 Å². The summed E-state index contributed by atoms with van der Waals surface area (Å²) in [4.78, 5) is 13.8. The molecule has 0 atom stereocenters. The summed E-state index contributed by atoms with van der Waals surface area (Å²) in [5.74, 6) is -0.603. The van der Waals surface area contributed by atoms with Crippen molar-refractivity contribution >= 4 is 38.1 Å². The van der Waals surface area contributed by atoms with Crippen molar-refractivity contribution in [3.05, 3.63) is 30.1 Å². The smallest absolute Gasteiger partial charge is 0.272 e. The number of para-hydroxylation sites is 1. The lowest BCUT2D eigenvalue weighted by Crippen LogP contribution is -2.48. The van der Waals surface area contributed by atoms with Gasteiger partial charge < -0.3 is 10.2 Å². The van der Waals surface area contributed by atoms with Gasteiger partial charge in [0, 0.05) is 31.6 Å². The number of nitrogens with zero attached hydrogens (tertiary/aromatic N) is 4. The van der Waals surface area contributed by atoms with Crippen molar-refractivity contribution in [1.82, 2.24) is 14.5 Å². The summed E-state index contributed by atoms with van der Waals surface area (Å²) in [6.45, 7) is 6.39. The fourth-order valence-electron chi connectivity index (χ4n) is 2.64. The molecule has 0 saturated carbocycles. The first-order chi connectivity index (χ1) is 13.1. The number of amides is 1. The molecule has 152 valence electrons. The third-order valence-electron chi connectivity index (χ3n) is 4.30. The summed E-state index contributed by atoms with van der Waals surface area (Å²) in [5.41, 5.74) is -0.170. The van der Waals surface area contributed by atoms with E-state index < -0.39 is 15.4 Å². The minimum absolute atomic E-state index is 0.142. The molecule has 1 amide bonds. The molecule has 1 fully saturated rings. The first kappa shape index (κ1) is 20.6. The molecule has 2 heterocycles. The third-order valence-corrected chi connectivity index (χ3v) is 7.38. The number of sulfonamides is 1. The molecular formula is C17H22FN5O3S2. The maximum Gasteiger partial charge on any atom is 0.272 e. The van der Waals surface area contributed by atoms with Gasteiger partial charge in [0.2, 0.25) is 15.4 Å². The number of carbonyl (C=O) groups excluding carboxylic acids is 1. The van der Waals surface area contributed by atoms with E-state index in [1.165, 1.54) is 10.4 Å². The molecule has 0 aliphatic carbocycles. The molecule has 11 heteroatoms. The number of halogens is 1. The van der Waals surface area contributed by atoms with Crippen LogP contribution in [0.25, 0.3) is 0 Å². The van der Waals surface area contributed by atoms with Crippen molar-refractivity contribution < 1.29 is 17.6 Å². The second kappa shape index (κ2) is 7.72. The van der Waals surface area contributed by atoms with E-state index in [0.29, 0.717) is 18.8 Å². The Morgan fingerprint density at radius 1 is 1.14 bits per heavy atom. The molecule has 1 aromatic heterocycles. The number of carbonyl (C=O) groups is 1. The van der Waals surface area contributed by atoms with Crippen molar-refractivity contribution in [1.29, 1.82) is 0 Å². The maximum atomic E-state index is 13.9. The van der Waals surface area contributed by atoms with E-state index in [2.05, 4.69) is 15.5 Å². The quantitative estimate of drug-likeness (QED) is 0.752. The number of hydrogen-bond acceptors (Lipinski definition) is 7. The lowest BCUT2D eigenvalue weighted by atomic mass is 9.96. The molecule has 1 aliphatic rings. The Labute approximate surface area is 167 Å². The second-order valence-corrected chi connectivity index (χ2v) is 10.5. The van der Waals surface area contributed by atoms with Crippen LogP contribution < -0.4 is 10.2 Å². The summed E-state index contributed by atoms with van der Waals surface area (Å²) in [6, 6.07) is 6.42. The van der Waals surface area contributed by atoms with Gasteiger partial charge in [-0.2, -0.15) is 4.31 Å². The molecule has 1 N–H and O–H groups in total. The van der Waals surface area contributed by atoms with Gasteiger partial charge in [0.1, 0.15) is 5.82 Å². The monoisotopic (exact) mass is 427 g/mol. The number of hydrogen-bond donors (Lipinski definition) is 1. The van der Waals surface area contributed by atoms with Crippen LogP contribution in [0.5, 0.6) is 0 Å². The highest BCUT2D eigenvalue weighted by Crippen LogP contribution is 2.27. The summed E-state index contributed by atoms with van der Waals surface area (Å²) in [7, 11) is -3.82. The van der Waals surface area contributed by atoms with Crippen LogP contribution in [0.3, 0.4) is 0 Å². The van der Waals surface area contributed by atoms with Crippen molar-refractivity contribution in [2.75, 3.05) is 36.4 Å². The van der Waals surface area contributed by atoms with E-state index in [-0.39, 0.29) is 34.3 Å². The zero-order valence-electron chi connectivity index (χ0n) is 15.8. The molecule has 8 nitrogen and oxygen atoms in total. The Kier molecular flexibility index (Phi) is 5.69. The first-order valence-electron chi connectivity index (χ1n) is 8.73. The molecule has 1 saturated heterocycles. The average Bonchev–Trinajstić information content (AvgIpc) is 3.11. The number of piperazine rings is 1. The molecule has 3 rings (SSSR count). The third kappa shape index (κ3) is 4.31. The van der Waals surface area contributed by atoms with Gasteiger partial charge in [0.05, 0.1) is 5.69 Å². The Morgan fingerprint density at radius 3 is 2.39 bits per heavy atom. The predicted octanol–water partition coefficient (Wildman–Crippen LogP) is 2.17. The minimum Gasteiger partial charge on any atom is -0.367 e. The Balaban J connectivity index is 1.68. The number of rotatable bonds is 4. The van der Waals surface area contributed by atoms with Gasteiger partial charge in [-0.05, 0) is 12.1 Å². The van der Waals surface area contributed by atoms with Gasteiger partial charge in [-0.15, -0.1) is 10.2 Å². The molecule has 1 aromatic carbocycles. The van der Waals surface area contributed by atoms with E-state index in [1.807, 2.05) is 4.90 Å². The number of benzene rings is 1. The molecule has 1 aliphatic heterocycles. The number of nitrogens with one attached hydrogen (secondary N) is 1. The zero-order chi connectivity index (χ0) is 20.5. The minimum atomic E-state index is -3.82. The molecule has 28 heavy (non-hydrogen) atoms. The van der Waals surface area contributed by atoms with Gasteiger partial charge in [-0.1, -0.05) is 44.2 Å². The molecule has 0 spiro atoms. The maximum absolute atomic E-state index is 13.9. The van der Waals surface area contributed by atoms with Crippen molar-refractivity contribution in [3.63, 3.8) is 0 Å². The summed E-state index contributed by atoms with van der Waals surface area (Å²) in [5, 5.41) is 10.2. The fraction of sp³-hybridized carbons (Fsp3) is 0.471. The molecule has 0 unspecified atom stereocenters. The molecule has 2 aromatic rings. The summed E-state index contributed by atoms with van der Waals surface area (Å²) in [6.07, 6.45) is 0. The highest BCUT2D eigenvalue weighted by atomic mass is 32.2. The van der Waals surface area contributed by atoms with Crippen LogP contribution in [-0.2, 0) is 14.8 Å². The Hall–Kier alpha value is -2.11. The highest BCUT2D eigenvalue weighted by Gasteiger charge is 2.32. The number of anilines is 2. The van der Waals surface area contributed by atoms with Crippen LogP contribution in [0, 0.1) is 11.2 Å². The van der Waals surface area contributed by atoms with Gasteiger partial charge in [0.15, 0.2) is 0 Å². The summed E-state index contributed by atoms with van der Waals surface area (Å²) < 4.78 is 40.7. The van der Waals surface area contributed by atoms with Gasteiger partial charge in [0.25, 0.3) is 10.0 Å². The summed E-state index contributed by atoms with van der Waals surface area (Å²) >= 11 is 0.820. The van der Waals surface area contributed by atoms with Crippen molar-refractivity contribution in [2.45, 2.75) is 25.1 Å². The van der Waals surface area contributed by atoms with Gasteiger partial charge >= 0.3 is 0 Å². The SMILES string of the molecule is CC(C)(C)C(=O)Nc1nnc(S(=O)(=O)N2CCN(c3ccccc3F)CC2)s1. The standard InChI is InChI=1S/C17H22FN5O3S2/c1-17(2,3)14(24)19-15-20-21-16(27-15)28(25,26)23-10-8-22(9-11-23)13-7-5-4-6-12(13)18/h4-7H,8-11H2,1-3H3,(H,19,20,24). The zero-order valence-corrected chi connectivity index (χ0v) is 17.5. The Bertz CT molecular complexity index is 963. The number of aromatic nitrogens is 2. The molecule has 0 bridgehead atoms. The topological polar surface area (TPSA) is 95.5 Å². The first-order valence-corrected chi connectivity index (χ1v) is 11.0. The van der Waals surface area contributed by atoms with E-state index in [9.17, 15) is 17.6 Å². The fourth-order valence-corrected chi connectivity index (χ4v) is 5.09. The van der Waals surface area contributed by atoms with E-state index in [4.69, 9.17) is 0 Å². The lowest BCUT2D eigenvalue weighted by molar-refractivity contribution is -0.123. The lowest BCUT2D eigenvalue weighted by Gasteiger charge is -2.34. The largest absolute Gasteiger partial charge is 0.367 e. The van der Waals surface area contributed by atoms with Crippen LogP contribution in [0.2, 0.25) is 0 Å². The van der Waals surface area contributed by atoms with Crippen LogP contribution >= 0.6 is 11.3 Å². The van der Waals surface area contributed by atoms with Crippen LogP contribution in [-0.4, -0.2) is 55.0 Å². The van der Waals surface area contributed by atoms with Crippen LogP contribution in [0.1, 0.15) is 20.8 Å². The van der Waals surface area contributed by atoms with Crippen LogP contribution in [0.15, 0.2) is 28.6 Å². The van der Waals surface area contributed by atoms with E-state index >= 15 is 0 Å². The van der Waals surface area contributed by atoms with Crippen molar-refractivity contribution in [2.24, 2.45) is 5.41 Å². The van der Waals surface area contributed by atoms with Gasteiger partial charge in [-0.25, -0.2) is 12.8 Å². The van der Waals surface area contributed by atoms with Gasteiger partial charge in [-0.3, -0.25) is 4.79 Å². The predicted molar refractivity (Wildman–Crippen MR) is 105 cm³/mol.